The summed E-state index contributed by atoms with van der Waals surface area (Å²) >= 11 is 0. The van der Waals surface area contributed by atoms with E-state index in [0.29, 0.717) is 12.6 Å². The van der Waals surface area contributed by atoms with Crippen LogP contribution < -0.4 is 10.1 Å². The van der Waals surface area contributed by atoms with Crippen molar-refractivity contribution in [2.75, 3.05) is 26.9 Å². The minimum absolute atomic E-state index is 0. The predicted molar refractivity (Wildman–Crippen MR) is 117 cm³/mol. The van der Waals surface area contributed by atoms with Crippen LogP contribution >= 0.6 is 0 Å². The second kappa shape index (κ2) is 13.5. The zero-order valence-corrected chi connectivity index (χ0v) is 21.5. The summed E-state index contributed by atoms with van der Waals surface area (Å²) in [6.07, 6.45) is 13.1. The number of benzene rings is 1. The molecule has 30 heavy (non-hydrogen) atoms. The van der Waals surface area contributed by atoms with E-state index in [1.807, 2.05) is 0 Å². The topological polar surface area (TPSA) is 75.8 Å². The first kappa shape index (κ1) is 26.2. The molecule has 0 bridgehead atoms. The van der Waals surface area contributed by atoms with Crippen LogP contribution in [0.4, 0.5) is 0 Å². The van der Waals surface area contributed by atoms with Gasteiger partial charge in [-0.15, -0.1) is 12.6 Å². The molecule has 6 heteroatoms. The van der Waals surface area contributed by atoms with Crippen LogP contribution in [0.25, 0.3) is 5.32 Å². The molecule has 2 saturated carbocycles. The van der Waals surface area contributed by atoms with E-state index >= 15 is 0 Å². The minimum Gasteiger partial charge on any atom is -0.655 e. The van der Waals surface area contributed by atoms with Gasteiger partial charge in [0.05, 0.1) is 19.4 Å². The number of ether oxygens (including phenoxy) is 1. The zero-order chi connectivity index (χ0) is 20.5. The Morgan fingerprint density at radius 1 is 1.10 bits per heavy atom. The van der Waals surface area contributed by atoms with Crippen LogP contribution in [0.3, 0.4) is 0 Å². The summed E-state index contributed by atoms with van der Waals surface area (Å²) in [7, 11) is 1.77. The molecule has 1 heterocycles. The number of methoxy groups -OCH3 is 1. The van der Waals surface area contributed by atoms with Crippen LogP contribution in [0.5, 0.6) is 5.75 Å². The molecule has 0 amide bonds. The van der Waals surface area contributed by atoms with Crippen LogP contribution in [0.1, 0.15) is 81.4 Å². The van der Waals surface area contributed by atoms with E-state index in [1.165, 1.54) is 49.7 Å². The van der Waals surface area contributed by atoms with Gasteiger partial charge in [0.25, 0.3) is 0 Å². The summed E-state index contributed by atoms with van der Waals surface area (Å²) < 4.78 is 5.51. The van der Waals surface area contributed by atoms with Gasteiger partial charge in [0.1, 0.15) is 5.75 Å². The van der Waals surface area contributed by atoms with Crippen molar-refractivity contribution in [2.24, 2.45) is 5.92 Å². The number of hydrogen-bond donors (Lipinski definition) is 3. The van der Waals surface area contributed by atoms with E-state index in [-0.39, 0.29) is 39.4 Å². The van der Waals surface area contributed by atoms with Crippen molar-refractivity contribution in [2.45, 2.75) is 82.3 Å². The average Bonchev–Trinajstić information content (AvgIpc) is 2.78. The quantitative estimate of drug-likeness (QED) is 0.531. The number of nitrogens with zero attached hydrogens (tertiary/aromatic N) is 1. The number of fused-ring (bicyclic) bond motifs is 1. The van der Waals surface area contributed by atoms with E-state index in [4.69, 9.17) is 15.2 Å². The van der Waals surface area contributed by atoms with Crippen LogP contribution in [0.15, 0.2) is 18.2 Å². The standard InChI is InChI=1S/C16H22NO.C8H17NO2.Y/c1-18-15-9-5-8-14-13(15)10-11-17-16(14)12-6-3-2-4-7-12;10-7-9-6-8(11)4-2-1-3-5-8;/h5,8-9,12,16H,2-4,6-7,10-11H2,1H3;9-11H,1-7H2;/q-1;;. The summed E-state index contributed by atoms with van der Waals surface area (Å²) in [5, 5.41) is 26.0. The molecule has 1 atom stereocenters. The van der Waals surface area contributed by atoms with Crippen molar-refractivity contribution in [3.63, 3.8) is 0 Å². The van der Waals surface area contributed by atoms with Gasteiger partial charge in [-0.05, 0) is 30.9 Å². The third kappa shape index (κ3) is 7.25. The molecule has 0 saturated heterocycles. The molecular weight excluding hydrogens is 453 g/mol. The first-order valence-corrected chi connectivity index (χ1v) is 11.5. The Morgan fingerprint density at radius 3 is 2.47 bits per heavy atom. The SMILES string of the molecule is COc1cccc2c1CC[N-]C2C1CCCCC1.OCNCC1(O)CCCCC1.[Y]. The zero-order valence-electron chi connectivity index (χ0n) is 18.6. The van der Waals surface area contributed by atoms with Gasteiger partial charge in [0.2, 0.25) is 0 Å². The molecule has 2 fully saturated rings. The third-order valence-corrected chi connectivity index (χ3v) is 6.84. The van der Waals surface area contributed by atoms with Crippen LogP contribution in [0.2, 0.25) is 0 Å². The van der Waals surface area contributed by atoms with E-state index in [9.17, 15) is 5.11 Å². The largest absolute Gasteiger partial charge is 0.655 e. The van der Waals surface area contributed by atoms with Crippen molar-refractivity contribution < 1.29 is 47.7 Å². The Balaban J connectivity index is 0.000000232. The second-order valence-corrected chi connectivity index (χ2v) is 8.90. The predicted octanol–water partition coefficient (Wildman–Crippen LogP) is 4.46. The van der Waals surface area contributed by atoms with Crippen molar-refractivity contribution in [1.82, 2.24) is 5.32 Å². The van der Waals surface area contributed by atoms with E-state index in [1.54, 1.807) is 7.11 Å². The van der Waals surface area contributed by atoms with Gasteiger partial charge in [0.15, 0.2) is 0 Å². The summed E-state index contributed by atoms with van der Waals surface area (Å²) in [4.78, 5) is 0. The smallest absolute Gasteiger partial charge is 0.122 e. The molecule has 1 aliphatic heterocycles. The van der Waals surface area contributed by atoms with Gasteiger partial charge in [-0.1, -0.05) is 75.0 Å². The summed E-state index contributed by atoms with van der Waals surface area (Å²) in [5.41, 5.74) is 2.30. The number of hydrogen-bond acceptors (Lipinski definition) is 4. The van der Waals surface area contributed by atoms with Crippen molar-refractivity contribution in [3.8, 4) is 5.75 Å². The molecule has 3 aliphatic rings. The molecule has 3 N–H and O–H groups in total. The first-order valence-electron chi connectivity index (χ1n) is 11.5. The maximum Gasteiger partial charge on any atom is 0.122 e. The van der Waals surface area contributed by atoms with Gasteiger partial charge in [-0.25, -0.2) is 0 Å². The maximum atomic E-state index is 9.83. The van der Waals surface area contributed by atoms with Crippen molar-refractivity contribution >= 4 is 0 Å². The van der Waals surface area contributed by atoms with Gasteiger partial charge in [0, 0.05) is 39.3 Å². The van der Waals surface area contributed by atoms with Gasteiger partial charge in [-0.3, -0.25) is 5.32 Å². The van der Waals surface area contributed by atoms with E-state index in [0.717, 1.165) is 50.3 Å². The molecule has 1 radical (unpaired) electrons. The van der Waals surface area contributed by atoms with Gasteiger partial charge in [-0.2, -0.15) is 0 Å². The van der Waals surface area contributed by atoms with Crippen LogP contribution in [-0.2, 0) is 39.1 Å². The number of aliphatic hydroxyl groups excluding tert-OH is 1. The average molecular weight is 492 g/mol. The molecular formula is C24H39N2O3Y-. The Hall–Kier alpha value is -0.0361. The molecule has 1 aromatic rings. The molecule has 5 nitrogen and oxygen atoms in total. The van der Waals surface area contributed by atoms with Gasteiger partial charge < -0.3 is 20.3 Å². The Bertz CT molecular complexity index is 616. The maximum absolute atomic E-state index is 9.83. The molecule has 0 spiro atoms. The number of nitrogens with one attached hydrogen (secondary N) is 1. The minimum atomic E-state index is -0.541. The van der Waals surface area contributed by atoms with Gasteiger partial charge >= 0.3 is 0 Å². The van der Waals surface area contributed by atoms with Crippen molar-refractivity contribution in [3.05, 3.63) is 34.6 Å². The molecule has 1 unspecified atom stereocenters. The summed E-state index contributed by atoms with van der Waals surface area (Å²) in [6.45, 7) is 1.46. The molecule has 0 aromatic heterocycles. The Kier molecular flexibility index (Phi) is 11.8. The Morgan fingerprint density at radius 2 is 1.80 bits per heavy atom. The fourth-order valence-electron chi connectivity index (χ4n) is 5.26. The van der Waals surface area contributed by atoms with Crippen LogP contribution in [-0.4, -0.2) is 42.7 Å². The molecule has 1 aromatic carbocycles. The Labute approximate surface area is 207 Å². The normalized spacial score (nSPS) is 23.4. The van der Waals surface area contributed by atoms with E-state index in [2.05, 4.69) is 23.5 Å². The first-order chi connectivity index (χ1) is 14.2. The molecule has 2 aliphatic carbocycles. The van der Waals surface area contributed by atoms with Crippen molar-refractivity contribution in [1.29, 1.82) is 0 Å². The molecule has 167 valence electrons. The number of rotatable bonds is 5. The summed E-state index contributed by atoms with van der Waals surface area (Å²) in [6, 6.07) is 6.90. The molecule has 4 rings (SSSR count). The van der Waals surface area contributed by atoms with Crippen LogP contribution in [0, 0.1) is 5.92 Å². The number of aliphatic hydroxyl groups is 2. The summed E-state index contributed by atoms with van der Waals surface area (Å²) in [5.74, 6) is 1.83. The second-order valence-electron chi connectivity index (χ2n) is 8.90. The fourth-order valence-corrected chi connectivity index (χ4v) is 5.26. The van der Waals surface area contributed by atoms with E-state index < -0.39 is 5.60 Å². The third-order valence-electron chi connectivity index (χ3n) is 6.84. The fraction of sp³-hybridized carbons (Fsp3) is 0.750. The monoisotopic (exact) mass is 492 g/mol.